The lowest BCUT2D eigenvalue weighted by molar-refractivity contribution is -0.137. The van der Waals surface area contributed by atoms with E-state index in [1.54, 1.807) is 18.2 Å². The molecule has 1 fully saturated rings. The molecule has 0 aliphatic carbocycles. The summed E-state index contributed by atoms with van der Waals surface area (Å²) in [6, 6.07) is 13.8. The summed E-state index contributed by atoms with van der Waals surface area (Å²) in [5.41, 5.74) is 1.78. The second-order valence-electron chi connectivity index (χ2n) is 7.97. The number of rotatable bonds is 5. The molecule has 1 aliphatic rings. The molecule has 0 spiro atoms. The maximum absolute atomic E-state index is 13.1. The third-order valence-electron chi connectivity index (χ3n) is 5.67. The summed E-state index contributed by atoms with van der Waals surface area (Å²) in [6.45, 7) is 0.507. The van der Waals surface area contributed by atoms with E-state index in [9.17, 15) is 22.8 Å². The number of urea groups is 1. The molecule has 0 saturated carbocycles. The van der Waals surface area contributed by atoms with Crippen LogP contribution in [-0.4, -0.2) is 36.6 Å². The lowest BCUT2D eigenvalue weighted by atomic mass is 10.0. The summed E-state index contributed by atoms with van der Waals surface area (Å²) in [4.78, 5) is 31.2. The third-order valence-corrected chi connectivity index (χ3v) is 5.67. The molecule has 0 bridgehead atoms. The summed E-state index contributed by atoms with van der Waals surface area (Å²) >= 11 is 0. The Bertz CT molecular complexity index is 1200. The van der Waals surface area contributed by atoms with E-state index in [1.807, 2.05) is 36.4 Å². The van der Waals surface area contributed by atoms with Gasteiger partial charge in [0.1, 0.15) is 6.04 Å². The van der Waals surface area contributed by atoms with Crippen LogP contribution in [0.5, 0.6) is 5.88 Å². The molecule has 7 nitrogen and oxygen atoms in total. The molecule has 1 atom stereocenters. The number of halogens is 3. The van der Waals surface area contributed by atoms with E-state index < -0.39 is 23.8 Å². The number of pyridine rings is 1. The average Bonchev–Trinajstić information content (AvgIpc) is 2.85. The second-order valence-corrected chi connectivity index (χ2v) is 7.97. The van der Waals surface area contributed by atoms with Crippen LogP contribution in [0.25, 0.3) is 11.1 Å². The molecule has 2 N–H and O–H groups in total. The van der Waals surface area contributed by atoms with Crippen molar-refractivity contribution >= 4 is 23.3 Å². The second kappa shape index (κ2) is 10.0. The number of nitrogens with one attached hydrogen (secondary N) is 2. The Morgan fingerprint density at radius 3 is 2.46 bits per heavy atom. The number of amides is 3. The van der Waals surface area contributed by atoms with Crippen LogP contribution in [0.2, 0.25) is 0 Å². The monoisotopic (exact) mass is 484 g/mol. The molecule has 10 heteroatoms. The van der Waals surface area contributed by atoms with Gasteiger partial charge < -0.3 is 20.3 Å². The molecule has 1 saturated heterocycles. The molecule has 1 aliphatic heterocycles. The topological polar surface area (TPSA) is 83.6 Å². The van der Waals surface area contributed by atoms with Crippen molar-refractivity contribution in [1.29, 1.82) is 0 Å². The highest BCUT2D eigenvalue weighted by Crippen LogP contribution is 2.31. The van der Waals surface area contributed by atoms with Crippen molar-refractivity contribution < 1.29 is 27.5 Å². The smallest absolute Gasteiger partial charge is 0.416 e. The molecule has 2 aromatic carbocycles. The molecule has 1 aromatic heterocycles. The number of hydrogen-bond donors (Lipinski definition) is 2. The first-order valence-corrected chi connectivity index (χ1v) is 10.9. The van der Waals surface area contributed by atoms with E-state index in [2.05, 4.69) is 15.6 Å². The number of carbonyl (C=O) groups excluding carboxylic acids is 2. The first-order chi connectivity index (χ1) is 16.8. The lowest BCUT2D eigenvalue weighted by Crippen LogP contribution is -2.53. The maximum atomic E-state index is 13.1. The largest absolute Gasteiger partial charge is 0.481 e. The van der Waals surface area contributed by atoms with E-state index in [1.165, 1.54) is 0 Å². The number of aromatic nitrogens is 1. The summed E-state index contributed by atoms with van der Waals surface area (Å²) in [5.74, 6) is 0.239. The number of carbonyl (C=O) groups is 2. The summed E-state index contributed by atoms with van der Waals surface area (Å²) in [7, 11) is 1.55. The van der Waals surface area contributed by atoms with E-state index in [0.29, 0.717) is 31.0 Å². The molecule has 2 heterocycles. The van der Waals surface area contributed by atoms with Crippen LogP contribution in [0.1, 0.15) is 18.4 Å². The van der Waals surface area contributed by atoms with Gasteiger partial charge in [0.2, 0.25) is 11.8 Å². The molecule has 4 rings (SSSR count). The zero-order chi connectivity index (χ0) is 25.0. The SMILES string of the molecule is COc1ncccc1-c1ccc(N2CCC[C@@H](NC(=O)Nc3ccc(C(F)(F)F)cc3)C2=O)cc1. The summed E-state index contributed by atoms with van der Waals surface area (Å²) in [6.07, 6.45) is -1.68. The van der Waals surface area contributed by atoms with Crippen molar-refractivity contribution in [3.8, 4) is 17.0 Å². The van der Waals surface area contributed by atoms with Gasteiger partial charge in [-0.3, -0.25) is 4.79 Å². The molecule has 3 amide bonds. The third kappa shape index (κ3) is 5.53. The van der Waals surface area contributed by atoms with Crippen LogP contribution in [0.4, 0.5) is 29.3 Å². The Hall–Kier alpha value is -4.08. The van der Waals surface area contributed by atoms with Gasteiger partial charge in [-0.15, -0.1) is 0 Å². The van der Waals surface area contributed by atoms with E-state index in [-0.39, 0.29) is 11.6 Å². The average molecular weight is 484 g/mol. The molecule has 35 heavy (non-hydrogen) atoms. The molecular formula is C25H23F3N4O3. The Morgan fingerprint density at radius 2 is 1.80 bits per heavy atom. The van der Waals surface area contributed by atoms with Gasteiger partial charge in [-0.2, -0.15) is 13.2 Å². The predicted molar refractivity (Wildman–Crippen MR) is 125 cm³/mol. The van der Waals surface area contributed by atoms with Crippen molar-refractivity contribution in [3.05, 3.63) is 72.4 Å². The summed E-state index contributed by atoms with van der Waals surface area (Å²) < 4.78 is 43.4. The first-order valence-electron chi connectivity index (χ1n) is 10.9. The minimum atomic E-state index is -4.46. The van der Waals surface area contributed by atoms with Gasteiger partial charge in [-0.05, 0) is 66.9 Å². The number of piperidine rings is 1. The number of benzene rings is 2. The minimum absolute atomic E-state index is 0.192. The quantitative estimate of drug-likeness (QED) is 0.528. The van der Waals surface area contributed by atoms with E-state index >= 15 is 0 Å². The zero-order valence-corrected chi connectivity index (χ0v) is 18.8. The highest BCUT2D eigenvalue weighted by Gasteiger charge is 2.32. The molecular weight excluding hydrogens is 461 g/mol. The van der Waals surface area contributed by atoms with E-state index in [4.69, 9.17) is 4.74 Å². The Morgan fingerprint density at radius 1 is 1.09 bits per heavy atom. The van der Waals surface area contributed by atoms with Gasteiger partial charge in [0.25, 0.3) is 0 Å². The van der Waals surface area contributed by atoms with Crippen LogP contribution >= 0.6 is 0 Å². The fraction of sp³-hybridized carbons (Fsp3) is 0.240. The lowest BCUT2D eigenvalue weighted by Gasteiger charge is -2.32. The number of methoxy groups -OCH3 is 1. The molecule has 3 aromatic rings. The van der Waals surface area contributed by atoms with Crippen LogP contribution in [-0.2, 0) is 11.0 Å². The van der Waals surface area contributed by atoms with Crippen molar-refractivity contribution in [3.63, 3.8) is 0 Å². The van der Waals surface area contributed by atoms with Crippen LogP contribution in [0.3, 0.4) is 0 Å². The van der Waals surface area contributed by atoms with Gasteiger partial charge >= 0.3 is 12.2 Å². The zero-order valence-electron chi connectivity index (χ0n) is 18.8. The van der Waals surface area contributed by atoms with Gasteiger partial charge in [0.15, 0.2) is 0 Å². The Labute approximate surface area is 199 Å². The number of ether oxygens (including phenoxy) is 1. The van der Waals surface area contributed by atoms with E-state index in [0.717, 1.165) is 35.4 Å². The molecule has 182 valence electrons. The van der Waals surface area contributed by atoms with Gasteiger partial charge in [0.05, 0.1) is 12.7 Å². The summed E-state index contributed by atoms with van der Waals surface area (Å²) in [5, 5.41) is 5.10. The van der Waals surface area contributed by atoms with Crippen molar-refractivity contribution in [2.24, 2.45) is 0 Å². The highest BCUT2D eigenvalue weighted by atomic mass is 19.4. The van der Waals surface area contributed by atoms with Crippen LogP contribution < -0.4 is 20.3 Å². The minimum Gasteiger partial charge on any atom is -0.481 e. The van der Waals surface area contributed by atoms with Gasteiger partial charge in [-0.25, -0.2) is 9.78 Å². The van der Waals surface area contributed by atoms with Gasteiger partial charge in [0, 0.05) is 29.7 Å². The predicted octanol–water partition coefficient (Wildman–Crippen LogP) is 5.09. The fourth-order valence-electron chi connectivity index (χ4n) is 3.93. The normalized spacial score (nSPS) is 16.1. The van der Waals surface area contributed by atoms with Crippen LogP contribution in [0.15, 0.2) is 66.9 Å². The first kappa shape index (κ1) is 24.1. The standard InChI is InChI=1S/C25H23F3N4O3/c1-35-22-20(4-2-14-29-22)16-6-12-19(13-7-16)32-15-3-5-21(23(32)33)31-24(34)30-18-10-8-17(9-11-18)25(26,27)28/h2,4,6-14,21H,3,5,15H2,1H3,(H2,30,31,34)/t21-/m1/s1. The number of nitrogens with zero attached hydrogens (tertiary/aromatic N) is 2. The van der Waals surface area contributed by atoms with Crippen molar-refractivity contribution in [2.45, 2.75) is 25.1 Å². The molecule has 0 radical (unpaired) electrons. The Balaban J connectivity index is 1.40. The van der Waals surface area contributed by atoms with Crippen molar-refractivity contribution in [1.82, 2.24) is 10.3 Å². The van der Waals surface area contributed by atoms with Crippen molar-refractivity contribution in [2.75, 3.05) is 23.9 Å². The van der Waals surface area contributed by atoms with Gasteiger partial charge in [-0.1, -0.05) is 12.1 Å². The Kier molecular flexibility index (Phi) is 6.90. The number of hydrogen-bond acceptors (Lipinski definition) is 4. The molecule has 0 unspecified atom stereocenters. The highest BCUT2D eigenvalue weighted by molar-refractivity contribution is 6.01. The van der Waals surface area contributed by atoms with Crippen LogP contribution in [0, 0.1) is 0 Å². The maximum Gasteiger partial charge on any atom is 0.416 e. The number of anilines is 2. The number of alkyl halides is 3. The fourth-order valence-corrected chi connectivity index (χ4v) is 3.93.